The van der Waals surface area contributed by atoms with Crippen molar-refractivity contribution in [2.75, 3.05) is 13.2 Å². The highest BCUT2D eigenvalue weighted by Gasteiger charge is 2.38. The Morgan fingerprint density at radius 1 is 1.18 bits per heavy atom. The van der Waals surface area contributed by atoms with Gasteiger partial charge in [-0.05, 0) is 45.6 Å². The highest BCUT2D eigenvalue weighted by Crippen LogP contribution is 2.34. The van der Waals surface area contributed by atoms with Crippen molar-refractivity contribution in [3.05, 3.63) is 0 Å². The fourth-order valence-electron chi connectivity index (χ4n) is 3.31. The predicted octanol–water partition coefficient (Wildman–Crippen LogP) is 3.75. The van der Waals surface area contributed by atoms with Gasteiger partial charge in [0.05, 0.1) is 5.60 Å². The lowest BCUT2D eigenvalue weighted by molar-refractivity contribution is -0.0726. The summed E-state index contributed by atoms with van der Waals surface area (Å²) in [5.74, 6) is 0.806. The van der Waals surface area contributed by atoms with E-state index in [-0.39, 0.29) is 5.60 Å². The van der Waals surface area contributed by atoms with Gasteiger partial charge in [-0.25, -0.2) is 0 Å². The predicted molar refractivity (Wildman–Crippen MR) is 74.4 cm³/mol. The maximum atomic E-state index is 6.08. The molecule has 1 fully saturated rings. The molecule has 0 amide bonds. The Bertz CT molecular complexity index is 201. The molecule has 1 saturated carbocycles. The monoisotopic (exact) mass is 241 g/mol. The van der Waals surface area contributed by atoms with Crippen molar-refractivity contribution in [2.24, 2.45) is 5.92 Å². The van der Waals surface area contributed by atoms with E-state index in [0.717, 1.165) is 25.5 Å². The highest BCUT2D eigenvalue weighted by atomic mass is 16.5. The first-order chi connectivity index (χ1) is 8.18. The number of likely N-dealkylation sites (N-methyl/N-ethyl adjacent to an activating group) is 1. The number of rotatable bonds is 7. The van der Waals surface area contributed by atoms with Gasteiger partial charge in [0, 0.05) is 12.6 Å². The smallest absolute Gasteiger partial charge is 0.0806 e. The molecule has 0 aromatic heterocycles. The molecule has 0 aromatic rings. The summed E-state index contributed by atoms with van der Waals surface area (Å²) in [5.41, 5.74) is 0.00671. The lowest BCUT2D eigenvalue weighted by Gasteiger charge is -2.43. The van der Waals surface area contributed by atoms with Crippen LogP contribution in [0.1, 0.15) is 66.2 Å². The number of nitrogens with one attached hydrogen (secondary N) is 1. The van der Waals surface area contributed by atoms with E-state index in [1.54, 1.807) is 0 Å². The van der Waals surface area contributed by atoms with Gasteiger partial charge in [0.15, 0.2) is 0 Å². The van der Waals surface area contributed by atoms with Crippen molar-refractivity contribution < 1.29 is 4.74 Å². The van der Waals surface area contributed by atoms with Crippen LogP contribution in [0.5, 0.6) is 0 Å². The Morgan fingerprint density at radius 2 is 1.82 bits per heavy atom. The first-order valence-electron chi connectivity index (χ1n) is 7.55. The third-order valence-corrected chi connectivity index (χ3v) is 4.38. The molecule has 0 radical (unpaired) electrons. The summed E-state index contributed by atoms with van der Waals surface area (Å²) in [5, 5.41) is 3.70. The Hall–Kier alpha value is -0.0800. The van der Waals surface area contributed by atoms with Crippen LogP contribution in [0.3, 0.4) is 0 Å². The minimum Gasteiger partial charge on any atom is -0.374 e. The third kappa shape index (κ3) is 3.96. The van der Waals surface area contributed by atoms with Gasteiger partial charge in [-0.1, -0.05) is 33.1 Å². The van der Waals surface area contributed by atoms with Gasteiger partial charge in [-0.15, -0.1) is 0 Å². The molecule has 102 valence electrons. The molecule has 0 aromatic carbocycles. The molecule has 0 aliphatic heterocycles. The molecule has 2 atom stereocenters. The van der Waals surface area contributed by atoms with Crippen molar-refractivity contribution in [3.8, 4) is 0 Å². The second-order valence-electron chi connectivity index (χ2n) is 5.53. The first-order valence-corrected chi connectivity index (χ1v) is 7.55. The van der Waals surface area contributed by atoms with Crippen LogP contribution in [-0.4, -0.2) is 24.8 Å². The van der Waals surface area contributed by atoms with Crippen molar-refractivity contribution in [2.45, 2.75) is 77.9 Å². The first kappa shape index (κ1) is 15.0. The van der Waals surface area contributed by atoms with Crippen LogP contribution >= 0.6 is 0 Å². The van der Waals surface area contributed by atoms with Crippen LogP contribution in [0.4, 0.5) is 0 Å². The summed E-state index contributed by atoms with van der Waals surface area (Å²) in [4.78, 5) is 0. The Balaban J connectivity index is 2.73. The molecule has 0 saturated heterocycles. The summed E-state index contributed by atoms with van der Waals surface area (Å²) in [7, 11) is 0. The zero-order valence-electron chi connectivity index (χ0n) is 12.2. The fourth-order valence-corrected chi connectivity index (χ4v) is 3.31. The Morgan fingerprint density at radius 3 is 2.29 bits per heavy atom. The molecule has 17 heavy (non-hydrogen) atoms. The van der Waals surface area contributed by atoms with Crippen molar-refractivity contribution in [1.29, 1.82) is 0 Å². The summed E-state index contributed by atoms with van der Waals surface area (Å²) in [6.07, 6.45) is 8.07. The van der Waals surface area contributed by atoms with E-state index >= 15 is 0 Å². The molecule has 0 bridgehead atoms. The van der Waals surface area contributed by atoms with Gasteiger partial charge in [-0.3, -0.25) is 0 Å². The molecule has 2 unspecified atom stereocenters. The average Bonchev–Trinajstić information content (AvgIpc) is 2.37. The van der Waals surface area contributed by atoms with E-state index in [0.29, 0.717) is 6.04 Å². The van der Waals surface area contributed by atoms with Crippen LogP contribution in [0.25, 0.3) is 0 Å². The minimum absolute atomic E-state index is 0.00671. The number of hydrogen-bond acceptors (Lipinski definition) is 2. The van der Waals surface area contributed by atoms with Crippen molar-refractivity contribution in [1.82, 2.24) is 5.32 Å². The molecule has 0 heterocycles. The Labute approximate surface area is 108 Å². The van der Waals surface area contributed by atoms with Crippen LogP contribution in [-0.2, 0) is 4.74 Å². The maximum absolute atomic E-state index is 6.08. The lowest BCUT2D eigenvalue weighted by atomic mass is 9.76. The van der Waals surface area contributed by atoms with Crippen molar-refractivity contribution >= 4 is 0 Å². The van der Waals surface area contributed by atoms with E-state index in [9.17, 15) is 0 Å². The molecule has 1 N–H and O–H groups in total. The SMILES string of the molecule is CCNC(C1CCCCC1)C(C)(CC)OCC. The summed E-state index contributed by atoms with van der Waals surface area (Å²) in [6, 6.07) is 0.526. The summed E-state index contributed by atoms with van der Waals surface area (Å²) >= 11 is 0. The van der Waals surface area contributed by atoms with Gasteiger partial charge in [-0.2, -0.15) is 0 Å². The third-order valence-electron chi connectivity index (χ3n) is 4.38. The molecule has 2 heteroatoms. The summed E-state index contributed by atoms with van der Waals surface area (Å²) < 4.78 is 6.08. The van der Waals surface area contributed by atoms with E-state index in [2.05, 4.69) is 33.0 Å². The van der Waals surface area contributed by atoms with Crippen LogP contribution in [0.2, 0.25) is 0 Å². The average molecular weight is 241 g/mol. The van der Waals surface area contributed by atoms with Gasteiger partial charge >= 0.3 is 0 Å². The minimum atomic E-state index is 0.00671. The zero-order chi connectivity index (χ0) is 12.7. The molecular formula is C15H31NO. The highest BCUT2D eigenvalue weighted by molar-refractivity contribution is 4.94. The fraction of sp³-hybridized carbons (Fsp3) is 1.00. The molecule has 1 rings (SSSR count). The Kier molecular flexibility index (Phi) is 6.50. The van der Waals surface area contributed by atoms with Crippen molar-refractivity contribution in [3.63, 3.8) is 0 Å². The second kappa shape index (κ2) is 7.38. The second-order valence-corrected chi connectivity index (χ2v) is 5.53. The van der Waals surface area contributed by atoms with Gasteiger partial charge in [0.25, 0.3) is 0 Å². The van der Waals surface area contributed by atoms with E-state index in [1.807, 2.05) is 0 Å². The van der Waals surface area contributed by atoms with E-state index < -0.39 is 0 Å². The van der Waals surface area contributed by atoms with Crippen LogP contribution in [0, 0.1) is 5.92 Å². The van der Waals surface area contributed by atoms with E-state index in [1.165, 1.54) is 32.1 Å². The standard InChI is InChI=1S/C15H31NO/c1-5-15(4,17-7-3)14(16-6-2)13-11-9-8-10-12-13/h13-14,16H,5-12H2,1-4H3. The lowest BCUT2D eigenvalue weighted by Crippen LogP contribution is -2.54. The topological polar surface area (TPSA) is 21.3 Å². The van der Waals surface area contributed by atoms with Gasteiger partial charge < -0.3 is 10.1 Å². The number of ether oxygens (including phenoxy) is 1. The quantitative estimate of drug-likeness (QED) is 0.733. The van der Waals surface area contributed by atoms with Gasteiger partial charge in [0.2, 0.25) is 0 Å². The molecule has 0 spiro atoms. The maximum Gasteiger partial charge on any atom is 0.0806 e. The molecule has 2 nitrogen and oxygen atoms in total. The zero-order valence-corrected chi connectivity index (χ0v) is 12.2. The number of hydrogen-bond donors (Lipinski definition) is 1. The van der Waals surface area contributed by atoms with Crippen LogP contribution < -0.4 is 5.32 Å². The largest absolute Gasteiger partial charge is 0.374 e. The molecular weight excluding hydrogens is 210 g/mol. The normalized spacial score (nSPS) is 23.3. The van der Waals surface area contributed by atoms with E-state index in [4.69, 9.17) is 4.74 Å². The molecule has 1 aliphatic carbocycles. The summed E-state index contributed by atoms with van der Waals surface area (Å²) in [6.45, 7) is 10.7. The van der Waals surface area contributed by atoms with Gasteiger partial charge in [0.1, 0.15) is 0 Å². The van der Waals surface area contributed by atoms with Crippen LogP contribution in [0.15, 0.2) is 0 Å². The molecule has 1 aliphatic rings.